The first-order valence-electron chi connectivity index (χ1n) is 7.31. The minimum Gasteiger partial charge on any atom is -0.433 e. The molecule has 24 heavy (non-hydrogen) atoms. The molecule has 0 saturated carbocycles. The summed E-state index contributed by atoms with van der Waals surface area (Å²) in [5.41, 5.74) is 3.40. The number of nitrogens with one attached hydrogen (secondary N) is 1. The average molecular weight is 358 g/mol. The van der Waals surface area contributed by atoms with Gasteiger partial charge in [-0.25, -0.2) is 0 Å². The van der Waals surface area contributed by atoms with Crippen LogP contribution in [0.1, 0.15) is 23.4 Å². The number of amides is 1. The number of rotatable bonds is 6. The minimum atomic E-state index is -2.95. The van der Waals surface area contributed by atoms with Crippen LogP contribution < -0.4 is 10.1 Å². The second kappa shape index (κ2) is 7.61. The fourth-order valence-corrected chi connectivity index (χ4v) is 2.64. The Bertz CT molecular complexity index is 747. The highest BCUT2D eigenvalue weighted by Crippen LogP contribution is 2.29. The normalized spacial score (nSPS) is 11.0. The number of carbonyl (C=O) groups is 1. The SMILES string of the molecule is Cc1nn(C)c(C)c1CCC(=O)Nc1ccc(OC(F)F)c(Cl)c1. The number of halogens is 3. The number of benzene rings is 1. The van der Waals surface area contributed by atoms with Gasteiger partial charge in [0.05, 0.1) is 10.7 Å². The number of hydrogen-bond acceptors (Lipinski definition) is 3. The van der Waals surface area contributed by atoms with Crippen molar-refractivity contribution in [3.63, 3.8) is 0 Å². The van der Waals surface area contributed by atoms with Gasteiger partial charge in [-0.2, -0.15) is 13.9 Å². The van der Waals surface area contributed by atoms with Gasteiger partial charge in [-0.15, -0.1) is 0 Å². The van der Waals surface area contributed by atoms with Crippen molar-refractivity contribution >= 4 is 23.2 Å². The van der Waals surface area contributed by atoms with Crippen LogP contribution in [0.4, 0.5) is 14.5 Å². The topological polar surface area (TPSA) is 56.2 Å². The second-order valence-corrected chi connectivity index (χ2v) is 5.75. The summed E-state index contributed by atoms with van der Waals surface area (Å²) in [6, 6.07) is 4.12. The van der Waals surface area contributed by atoms with E-state index in [0.29, 0.717) is 12.1 Å². The summed E-state index contributed by atoms with van der Waals surface area (Å²) in [6.45, 7) is 0.908. The second-order valence-electron chi connectivity index (χ2n) is 5.34. The van der Waals surface area contributed by atoms with Crippen LogP contribution in [0.2, 0.25) is 5.02 Å². The highest BCUT2D eigenvalue weighted by molar-refractivity contribution is 6.32. The standard InChI is InChI=1S/C16H18ClF2N3O2/c1-9-12(10(2)22(3)21-9)5-7-15(23)20-11-4-6-14(13(17)8-11)24-16(18)19/h4,6,8,16H,5,7H2,1-3H3,(H,20,23). The molecular formula is C16H18ClF2N3O2. The highest BCUT2D eigenvalue weighted by Gasteiger charge is 2.13. The van der Waals surface area contributed by atoms with E-state index < -0.39 is 6.61 Å². The van der Waals surface area contributed by atoms with Crippen LogP contribution in [0.15, 0.2) is 18.2 Å². The van der Waals surface area contributed by atoms with E-state index in [1.165, 1.54) is 18.2 Å². The van der Waals surface area contributed by atoms with Gasteiger partial charge in [0, 0.05) is 24.8 Å². The lowest BCUT2D eigenvalue weighted by atomic mass is 10.1. The van der Waals surface area contributed by atoms with E-state index in [4.69, 9.17) is 11.6 Å². The van der Waals surface area contributed by atoms with Gasteiger partial charge in [0.1, 0.15) is 5.75 Å². The Morgan fingerprint density at radius 2 is 2.12 bits per heavy atom. The molecule has 0 aliphatic carbocycles. The van der Waals surface area contributed by atoms with E-state index in [2.05, 4.69) is 15.2 Å². The Balaban J connectivity index is 1.96. The molecule has 0 fully saturated rings. The van der Waals surface area contributed by atoms with Crippen LogP contribution in [0.3, 0.4) is 0 Å². The molecule has 0 radical (unpaired) electrons. The van der Waals surface area contributed by atoms with Crippen molar-refractivity contribution in [2.75, 3.05) is 5.32 Å². The number of nitrogens with zero attached hydrogens (tertiary/aromatic N) is 2. The van der Waals surface area contributed by atoms with Crippen LogP contribution >= 0.6 is 11.6 Å². The van der Waals surface area contributed by atoms with Crippen molar-refractivity contribution in [2.45, 2.75) is 33.3 Å². The molecule has 1 aromatic heterocycles. The maximum Gasteiger partial charge on any atom is 0.387 e. The van der Waals surface area contributed by atoms with Gasteiger partial charge in [0.25, 0.3) is 0 Å². The molecule has 0 aliphatic rings. The zero-order valence-corrected chi connectivity index (χ0v) is 14.3. The molecule has 0 atom stereocenters. The zero-order valence-electron chi connectivity index (χ0n) is 13.6. The van der Waals surface area contributed by atoms with Crippen molar-refractivity contribution in [2.24, 2.45) is 7.05 Å². The Labute approximate surface area is 143 Å². The van der Waals surface area contributed by atoms with Crippen molar-refractivity contribution in [1.29, 1.82) is 0 Å². The molecule has 0 aliphatic heterocycles. The van der Waals surface area contributed by atoms with Crippen LogP contribution in [-0.4, -0.2) is 22.3 Å². The van der Waals surface area contributed by atoms with Gasteiger partial charge in [-0.3, -0.25) is 9.48 Å². The predicted molar refractivity (Wildman–Crippen MR) is 87.7 cm³/mol. The van der Waals surface area contributed by atoms with Crippen LogP contribution in [0.25, 0.3) is 0 Å². The molecule has 0 unspecified atom stereocenters. The Morgan fingerprint density at radius 3 is 2.67 bits per heavy atom. The summed E-state index contributed by atoms with van der Waals surface area (Å²) in [5, 5.41) is 7.00. The third kappa shape index (κ3) is 4.44. The van der Waals surface area contributed by atoms with Gasteiger partial charge < -0.3 is 10.1 Å². The minimum absolute atomic E-state index is 0.00653. The van der Waals surface area contributed by atoms with Crippen LogP contribution in [0.5, 0.6) is 5.75 Å². The summed E-state index contributed by atoms with van der Waals surface area (Å²) < 4.78 is 30.4. The van der Waals surface area contributed by atoms with E-state index in [-0.39, 0.29) is 23.1 Å². The third-order valence-corrected chi connectivity index (χ3v) is 3.99. The lowest BCUT2D eigenvalue weighted by Gasteiger charge is -2.09. The van der Waals surface area contributed by atoms with Crippen molar-refractivity contribution < 1.29 is 18.3 Å². The van der Waals surface area contributed by atoms with Gasteiger partial charge >= 0.3 is 6.61 Å². The number of aryl methyl sites for hydroxylation is 2. The molecule has 1 N–H and O–H groups in total. The van der Waals surface area contributed by atoms with Gasteiger partial charge in [-0.05, 0) is 44.0 Å². The first-order valence-corrected chi connectivity index (χ1v) is 7.69. The molecule has 0 saturated heterocycles. The molecular weight excluding hydrogens is 340 g/mol. The molecule has 1 aromatic carbocycles. The third-order valence-electron chi connectivity index (χ3n) is 3.69. The zero-order chi connectivity index (χ0) is 17.9. The average Bonchev–Trinajstić information content (AvgIpc) is 2.73. The molecule has 130 valence electrons. The first kappa shape index (κ1) is 18.2. The van der Waals surface area contributed by atoms with E-state index in [0.717, 1.165) is 17.0 Å². The summed E-state index contributed by atoms with van der Waals surface area (Å²) in [5.74, 6) is -0.331. The van der Waals surface area contributed by atoms with E-state index in [9.17, 15) is 13.6 Å². The molecule has 0 spiro atoms. The summed E-state index contributed by atoms with van der Waals surface area (Å²) in [7, 11) is 1.86. The number of hydrogen-bond donors (Lipinski definition) is 1. The maximum atomic E-state index is 12.2. The largest absolute Gasteiger partial charge is 0.433 e. The Hall–Kier alpha value is -2.15. The lowest BCUT2D eigenvalue weighted by Crippen LogP contribution is -2.13. The van der Waals surface area contributed by atoms with Crippen LogP contribution in [0, 0.1) is 13.8 Å². The molecule has 2 aromatic rings. The van der Waals surface area contributed by atoms with E-state index in [1.54, 1.807) is 4.68 Å². The highest BCUT2D eigenvalue weighted by atomic mass is 35.5. The number of aromatic nitrogens is 2. The number of anilines is 1. The molecule has 1 amide bonds. The maximum absolute atomic E-state index is 12.2. The molecule has 0 bridgehead atoms. The van der Waals surface area contributed by atoms with Crippen molar-refractivity contribution in [1.82, 2.24) is 9.78 Å². The van der Waals surface area contributed by atoms with Gasteiger partial charge in [0.15, 0.2) is 0 Å². The fraction of sp³-hybridized carbons (Fsp3) is 0.375. The Morgan fingerprint density at radius 1 is 1.42 bits per heavy atom. The number of carbonyl (C=O) groups excluding carboxylic acids is 1. The molecule has 8 heteroatoms. The monoisotopic (exact) mass is 357 g/mol. The number of ether oxygens (including phenoxy) is 1. The van der Waals surface area contributed by atoms with Gasteiger partial charge in [-0.1, -0.05) is 11.6 Å². The summed E-state index contributed by atoms with van der Waals surface area (Å²) in [6.07, 6.45) is 0.845. The smallest absolute Gasteiger partial charge is 0.387 e. The van der Waals surface area contributed by atoms with Crippen molar-refractivity contribution in [3.8, 4) is 5.75 Å². The van der Waals surface area contributed by atoms with Crippen molar-refractivity contribution in [3.05, 3.63) is 40.2 Å². The predicted octanol–water partition coefficient (Wildman–Crippen LogP) is 3.86. The lowest BCUT2D eigenvalue weighted by molar-refractivity contribution is -0.116. The van der Waals surface area contributed by atoms with E-state index >= 15 is 0 Å². The summed E-state index contributed by atoms with van der Waals surface area (Å²) in [4.78, 5) is 12.1. The number of alkyl halides is 2. The van der Waals surface area contributed by atoms with E-state index in [1.807, 2.05) is 20.9 Å². The van der Waals surface area contributed by atoms with Gasteiger partial charge in [0.2, 0.25) is 5.91 Å². The molecule has 5 nitrogen and oxygen atoms in total. The fourth-order valence-electron chi connectivity index (χ4n) is 2.41. The Kier molecular flexibility index (Phi) is 5.77. The quantitative estimate of drug-likeness (QED) is 0.854. The summed E-state index contributed by atoms with van der Waals surface area (Å²) >= 11 is 5.85. The van der Waals surface area contributed by atoms with Crippen LogP contribution in [-0.2, 0) is 18.3 Å². The molecule has 2 rings (SSSR count). The molecule has 1 heterocycles. The first-order chi connectivity index (χ1) is 11.3.